The largest absolute Gasteiger partial charge is 0.397 e. The number of benzene rings is 1. The van der Waals surface area contributed by atoms with Gasteiger partial charge in [-0.2, -0.15) is 5.10 Å². The average Bonchev–Trinajstić information content (AvgIpc) is 2.97. The van der Waals surface area contributed by atoms with Crippen LogP contribution in [0.15, 0.2) is 36.5 Å². The highest BCUT2D eigenvalue weighted by atomic mass is 16.2. The number of amides is 1. The minimum atomic E-state index is -0.0173. The number of hydrogen-bond acceptors (Lipinski definition) is 4. The Labute approximate surface area is 123 Å². The molecule has 1 saturated heterocycles. The molecule has 1 fully saturated rings. The van der Waals surface area contributed by atoms with E-state index >= 15 is 0 Å². The molecule has 0 atom stereocenters. The summed E-state index contributed by atoms with van der Waals surface area (Å²) >= 11 is 0. The summed E-state index contributed by atoms with van der Waals surface area (Å²) in [5, 5.41) is 4.37. The first-order chi connectivity index (χ1) is 10.1. The second kappa shape index (κ2) is 5.57. The molecule has 0 saturated carbocycles. The van der Waals surface area contributed by atoms with Crippen LogP contribution in [0, 0.1) is 0 Å². The number of carbonyl (C=O) groups is 1. The normalized spacial score (nSPS) is 16.1. The second-order valence-corrected chi connectivity index (χ2v) is 5.30. The quantitative estimate of drug-likeness (QED) is 0.830. The molecule has 1 aromatic carbocycles. The molecule has 0 radical (unpaired) electrons. The molecule has 2 heterocycles. The predicted molar refractivity (Wildman–Crippen MR) is 81.4 cm³/mol. The van der Waals surface area contributed by atoms with Crippen molar-refractivity contribution in [2.45, 2.75) is 0 Å². The van der Waals surface area contributed by atoms with E-state index in [1.807, 2.05) is 29.2 Å². The molecule has 1 aliphatic heterocycles. The summed E-state index contributed by atoms with van der Waals surface area (Å²) in [6, 6.07) is 9.21. The van der Waals surface area contributed by atoms with E-state index in [1.54, 1.807) is 16.9 Å². The fraction of sp³-hybridized carbons (Fsp3) is 0.333. The van der Waals surface area contributed by atoms with Crippen LogP contribution in [0.2, 0.25) is 0 Å². The standard InChI is InChI=1S/C15H19N5O/c1-18-8-10-19(11-9-18)15(21)13-6-7-20(17-13)14-5-3-2-4-12(14)16/h2-7H,8-11,16H2,1H3. The predicted octanol–water partition coefficient (Wildman–Crippen LogP) is 0.842. The third-order valence-electron chi connectivity index (χ3n) is 3.78. The summed E-state index contributed by atoms with van der Waals surface area (Å²) in [6.45, 7) is 3.29. The van der Waals surface area contributed by atoms with Crippen LogP contribution in [-0.2, 0) is 0 Å². The number of carbonyl (C=O) groups excluding carboxylic acids is 1. The fourth-order valence-electron chi connectivity index (χ4n) is 2.44. The highest BCUT2D eigenvalue weighted by Gasteiger charge is 2.22. The Hall–Kier alpha value is -2.34. The van der Waals surface area contributed by atoms with Gasteiger partial charge >= 0.3 is 0 Å². The van der Waals surface area contributed by atoms with Crippen LogP contribution in [0.25, 0.3) is 5.69 Å². The zero-order chi connectivity index (χ0) is 14.8. The van der Waals surface area contributed by atoms with E-state index in [-0.39, 0.29) is 5.91 Å². The zero-order valence-corrected chi connectivity index (χ0v) is 12.1. The maximum atomic E-state index is 12.4. The van der Waals surface area contributed by atoms with Crippen molar-refractivity contribution < 1.29 is 4.79 Å². The minimum absolute atomic E-state index is 0.0173. The first-order valence-corrected chi connectivity index (χ1v) is 7.03. The van der Waals surface area contributed by atoms with Crippen molar-refractivity contribution in [3.63, 3.8) is 0 Å². The van der Waals surface area contributed by atoms with Crippen LogP contribution < -0.4 is 5.73 Å². The van der Waals surface area contributed by atoms with Crippen molar-refractivity contribution in [2.75, 3.05) is 39.0 Å². The number of likely N-dealkylation sites (N-methyl/N-ethyl adjacent to an activating group) is 1. The number of para-hydroxylation sites is 2. The van der Waals surface area contributed by atoms with E-state index in [2.05, 4.69) is 17.0 Å². The summed E-state index contributed by atoms with van der Waals surface area (Å²) in [5.41, 5.74) is 7.82. The molecule has 1 amide bonds. The molecule has 2 N–H and O–H groups in total. The number of piperazine rings is 1. The summed E-state index contributed by atoms with van der Waals surface area (Å²) in [5.74, 6) is -0.0173. The molecular weight excluding hydrogens is 266 g/mol. The van der Waals surface area contributed by atoms with Gasteiger partial charge in [-0.25, -0.2) is 4.68 Å². The van der Waals surface area contributed by atoms with E-state index in [0.717, 1.165) is 31.9 Å². The van der Waals surface area contributed by atoms with Gasteiger partial charge in [0.15, 0.2) is 5.69 Å². The van der Waals surface area contributed by atoms with Crippen LogP contribution in [0.5, 0.6) is 0 Å². The van der Waals surface area contributed by atoms with Crippen molar-refractivity contribution in [3.8, 4) is 5.69 Å². The summed E-state index contributed by atoms with van der Waals surface area (Å²) in [6.07, 6.45) is 1.77. The lowest BCUT2D eigenvalue weighted by molar-refractivity contribution is 0.0658. The summed E-state index contributed by atoms with van der Waals surface area (Å²) < 4.78 is 1.65. The van der Waals surface area contributed by atoms with Gasteiger partial charge in [0, 0.05) is 32.4 Å². The number of aromatic nitrogens is 2. The minimum Gasteiger partial charge on any atom is -0.397 e. The smallest absolute Gasteiger partial charge is 0.274 e. The van der Waals surface area contributed by atoms with Crippen molar-refractivity contribution in [1.82, 2.24) is 19.6 Å². The molecule has 21 heavy (non-hydrogen) atoms. The molecule has 1 aliphatic rings. The lowest BCUT2D eigenvalue weighted by Gasteiger charge is -2.31. The second-order valence-electron chi connectivity index (χ2n) is 5.30. The molecule has 6 heteroatoms. The van der Waals surface area contributed by atoms with Crippen molar-refractivity contribution in [3.05, 3.63) is 42.2 Å². The van der Waals surface area contributed by atoms with Gasteiger partial charge in [-0.1, -0.05) is 12.1 Å². The van der Waals surface area contributed by atoms with Gasteiger partial charge in [0.2, 0.25) is 0 Å². The SMILES string of the molecule is CN1CCN(C(=O)c2ccn(-c3ccccc3N)n2)CC1. The fourth-order valence-corrected chi connectivity index (χ4v) is 2.44. The lowest BCUT2D eigenvalue weighted by Crippen LogP contribution is -2.47. The van der Waals surface area contributed by atoms with Crippen LogP contribution in [-0.4, -0.2) is 58.7 Å². The topological polar surface area (TPSA) is 67.4 Å². The maximum Gasteiger partial charge on any atom is 0.274 e. The highest BCUT2D eigenvalue weighted by molar-refractivity contribution is 5.92. The summed E-state index contributed by atoms with van der Waals surface area (Å²) in [4.78, 5) is 16.5. The summed E-state index contributed by atoms with van der Waals surface area (Å²) in [7, 11) is 2.06. The number of hydrogen-bond donors (Lipinski definition) is 1. The molecule has 2 aromatic rings. The van der Waals surface area contributed by atoms with Gasteiger partial charge in [0.1, 0.15) is 0 Å². The van der Waals surface area contributed by atoms with Gasteiger partial charge < -0.3 is 15.5 Å². The van der Waals surface area contributed by atoms with E-state index < -0.39 is 0 Å². The van der Waals surface area contributed by atoms with E-state index in [0.29, 0.717) is 11.4 Å². The average molecular weight is 285 g/mol. The molecule has 6 nitrogen and oxygen atoms in total. The Balaban J connectivity index is 1.79. The molecule has 3 rings (SSSR count). The Morgan fingerprint density at radius 1 is 1.14 bits per heavy atom. The van der Waals surface area contributed by atoms with Gasteiger partial charge in [0.25, 0.3) is 5.91 Å². The van der Waals surface area contributed by atoms with Crippen LogP contribution in [0.4, 0.5) is 5.69 Å². The molecule has 1 aromatic heterocycles. The van der Waals surface area contributed by atoms with E-state index in [4.69, 9.17) is 5.73 Å². The van der Waals surface area contributed by atoms with Crippen LogP contribution in [0.1, 0.15) is 10.5 Å². The van der Waals surface area contributed by atoms with Crippen molar-refractivity contribution in [1.29, 1.82) is 0 Å². The number of nitrogens with two attached hydrogens (primary N) is 1. The first kappa shape index (κ1) is 13.6. The van der Waals surface area contributed by atoms with Gasteiger partial charge in [-0.3, -0.25) is 4.79 Å². The van der Waals surface area contributed by atoms with E-state index in [1.165, 1.54) is 0 Å². The van der Waals surface area contributed by atoms with E-state index in [9.17, 15) is 4.79 Å². The highest BCUT2D eigenvalue weighted by Crippen LogP contribution is 2.16. The molecular formula is C15H19N5O. The Kier molecular flexibility index (Phi) is 3.62. The lowest BCUT2D eigenvalue weighted by atomic mass is 10.3. The third-order valence-corrected chi connectivity index (χ3v) is 3.78. The zero-order valence-electron chi connectivity index (χ0n) is 12.1. The first-order valence-electron chi connectivity index (χ1n) is 7.03. The molecule has 110 valence electrons. The number of rotatable bonds is 2. The maximum absolute atomic E-state index is 12.4. The third kappa shape index (κ3) is 2.75. The Morgan fingerprint density at radius 2 is 1.86 bits per heavy atom. The van der Waals surface area contributed by atoms with Gasteiger partial charge in [-0.05, 0) is 25.2 Å². The molecule has 0 bridgehead atoms. The Bertz CT molecular complexity index is 643. The monoisotopic (exact) mass is 285 g/mol. The molecule has 0 spiro atoms. The van der Waals surface area contributed by atoms with Crippen LogP contribution >= 0.6 is 0 Å². The molecule has 0 unspecified atom stereocenters. The van der Waals surface area contributed by atoms with Crippen molar-refractivity contribution in [2.24, 2.45) is 0 Å². The van der Waals surface area contributed by atoms with Gasteiger partial charge in [0.05, 0.1) is 11.4 Å². The Morgan fingerprint density at radius 3 is 2.57 bits per heavy atom. The number of nitrogens with zero attached hydrogens (tertiary/aromatic N) is 4. The molecule has 0 aliphatic carbocycles. The van der Waals surface area contributed by atoms with Crippen molar-refractivity contribution >= 4 is 11.6 Å². The van der Waals surface area contributed by atoms with Crippen LogP contribution in [0.3, 0.4) is 0 Å². The number of anilines is 1. The number of nitrogen functional groups attached to an aromatic ring is 1. The van der Waals surface area contributed by atoms with Gasteiger partial charge in [-0.15, -0.1) is 0 Å².